The first-order valence-corrected chi connectivity index (χ1v) is 11.6. The van der Waals surface area contributed by atoms with Crippen LogP contribution < -0.4 is 0 Å². The Kier molecular flexibility index (Phi) is 7.31. The zero-order valence-electron chi connectivity index (χ0n) is 17.4. The highest BCUT2D eigenvalue weighted by atomic mass is 32.2. The van der Waals surface area contributed by atoms with Gasteiger partial charge in [-0.2, -0.15) is 0 Å². The fraction of sp³-hybridized carbons (Fsp3) is 0.429. The summed E-state index contributed by atoms with van der Waals surface area (Å²) >= 11 is 0.492. The zero-order chi connectivity index (χ0) is 23.1. The van der Waals surface area contributed by atoms with Crippen molar-refractivity contribution in [3.8, 4) is 0 Å². The molecule has 0 aromatic heterocycles. The Labute approximate surface area is 178 Å². The molecule has 0 fully saturated rings. The topological polar surface area (TPSA) is 57.2 Å². The van der Waals surface area contributed by atoms with E-state index in [4.69, 9.17) is 0 Å². The maximum Gasteiger partial charge on any atom is 0.180 e. The third-order valence-electron chi connectivity index (χ3n) is 4.72. The van der Waals surface area contributed by atoms with Crippen LogP contribution in [0.5, 0.6) is 0 Å². The molecule has 0 saturated heterocycles. The summed E-state index contributed by atoms with van der Waals surface area (Å²) in [6, 6.07) is 3.78. The maximum atomic E-state index is 14.6. The molecule has 0 aliphatic carbocycles. The second kappa shape index (κ2) is 8.88. The van der Waals surface area contributed by atoms with Crippen molar-refractivity contribution in [2.45, 2.75) is 74.0 Å². The number of hydrogen-bond donors (Lipinski definition) is 0. The van der Waals surface area contributed by atoms with E-state index < -0.39 is 43.2 Å². The van der Waals surface area contributed by atoms with E-state index in [-0.39, 0.29) is 17.8 Å². The minimum atomic E-state index is -5.75. The second-order valence-electron chi connectivity index (χ2n) is 7.96. The highest BCUT2D eigenvalue weighted by molar-refractivity contribution is 7.99. The van der Waals surface area contributed by atoms with Crippen LogP contribution in [-0.2, 0) is 10.1 Å². The van der Waals surface area contributed by atoms with Crippen LogP contribution >= 0.6 is 11.8 Å². The Morgan fingerprint density at radius 2 is 1.13 bits per heavy atom. The van der Waals surface area contributed by atoms with E-state index in [9.17, 15) is 30.5 Å². The third kappa shape index (κ3) is 4.68. The van der Waals surface area contributed by atoms with Crippen molar-refractivity contribution in [3.63, 3.8) is 0 Å². The largest absolute Gasteiger partial charge is 0.744 e. The lowest BCUT2D eigenvalue weighted by molar-refractivity contribution is 0.381. The number of halogens is 4. The normalized spacial score (nSPS) is 12.5. The van der Waals surface area contributed by atoms with E-state index in [1.54, 1.807) is 0 Å². The number of rotatable bonds is 6. The molecule has 166 valence electrons. The zero-order valence-corrected chi connectivity index (χ0v) is 19.1. The average Bonchev–Trinajstić information content (AvgIpc) is 2.61. The third-order valence-corrected chi connectivity index (χ3v) is 6.81. The van der Waals surface area contributed by atoms with Crippen molar-refractivity contribution in [2.75, 3.05) is 0 Å². The van der Waals surface area contributed by atoms with Gasteiger partial charge in [0.05, 0.1) is 4.90 Å². The van der Waals surface area contributed by atoms with E-state index in [0.717, 1.165) is 16.7 Å². The van der Waals surface area contributed by atoms with Crippen LogP contribution in [-0.4, -0.2) is 13.0 Å². The highest BCUT2D eigenvalue weighted by Gasteiger charge is 2.30. The average molecular weight is 464 g/mol. The molecule has 0 atom stereocenters. The second-order valence-corrected chi connectivity index (χ2v) is 10.3. The Morgan fingerprint density at radius 3 is 1.43 bits per heavy atom. The highest BCUT2D eigenvalue weighted by Crippen LogP contribution is 2.44. The van der Waals surface area contributed by atoms with Gasteiger partial charge in [0.2, 0.25) is 0 Å². The Bertz CT molecular complexity index is 1020. The van der Waals surface area contributed by atoms with Crippen LogP contribution in [0.25, 0.3) is 0 Å². The van der Waals surface area contributed by atoms with E-state index in [2.05, 4.69) is 0 Å². The lowest BCUT2D eigenvalue weighted by Gasteiger charge is -2.23. The summed E-state index contributed by atoms with van der Waals surface area (Å²) in [6.45, 7) is 11.5. The smallest absolute Gasteiger partial charge is 0.180 e. The molecular formula is C21H23F4O3S2-. The van der Waals surface area contributed by atoms with Crippen molar-refractivity contribution in [1.82, 2.24) is 0 Å². The van der Waals surface area contributed by atoms with Crippen LogP contribution in [0.15, 0.2) is 26.8 Å². The summed E-state index contributed by atoms with van der Waals surface area (Å²) in [6.07, 6.45) is 0. The summed E-state index contributed by atoms with van der Waals surface area (Å²) in [5.74, 6) is -8.21. The maximum absolute atomic E-state index is 14.6. The lowest BCUT2D eigenvalue weighted by atomic mass is 9.89. The molecule has 0 aliphatic heterocycles. The van der Waals surface area contributed by atoms with E-state index in [1.165, 1.54) is 0 Å². The van der Waals surface area contributed by atoms with E-state index in [0.29, 0.717) is 16.7 Å². The molecular weight excluding hydrogens is 440 g/mol. The Morgan fingerprint density at radius 1 is 0.733 bits per heavy atom. The quantitative estimate of drug-likeness (QED) is 0.273. The molecule has 0 N–H and O–H groups in total. The van der Waals surface area contributed by atoms with Gasteiger partial charge >= 0.3 is 0 Å². The standard InChI is InChI=1S/C21H24F4O3S2/c1-9(2)12-7-13(10(3)4)19(14(8-12)11(5)6)29-20-15(22)17(24)21(30(26,27)28)18(25)16(20)23/h7-11H,1-6H3,(H,26,27,28)/p-1. The molecule has 0 heterocycles. The summed E-state index contributed by atoms with van der Waals surface area (Å²) in [5, 5.41) is 0. The summed E-state index contributed by atoms with van der Waals surface area (Å²) in [5.41, 5.74) is 2.50. The summed E-state index contributed by atoms with van der Waals surface area (Å²) in [4.78, 5) is -2.73. The summed E-state index contributed by atoms with van der Waals surface area (Å²) < 4.78 is 90.8. The fourth-order valence-corrected chi connectivity index (χ4v) is 5.02. The van der Waals surface area contributed by atoms with Gasteiger partial charge in [-0.05, 0) is 34.4 Å². The minimum absolute atomic E-state index is 0.0641. The van der Waals surface area contributed by atoms with Crippen LogP contribution in [0, 0.1) is 23.3 Å². The molecule has 0 radical (unpaired) electrons. The van der Waals surface area contributed by atoms with Crippen LogP contribution in [0.4, 0.5) is 17.6 Å². The van der Waals surface area contributed by atoms with Gasteiger partial charge in [0, 0.05) is 4.90 Å². The van der Waals surface area contributed by atoms with Crippen molar-refractivity contribution >= 4 is 21.9 Å². The first-order chi connectivity index (χ1) is 13.7. The first kappa shape index (κ1) is 24.7. The van der Waals surface area contributed by atoms with Crippen LogP contribution in [0.2, 0.25) is 0 Å². The predicted molar refractivity (Wildman–Crippen MR) is 107 cm³/mol. The number of benzene rings is 2. The molecule has 0 spiro atoms. The molecule has 0 aliphatic rings. The van der Waals surface area contributed by atoms with Gasteiger partial charge in [0.1, 0.15) is 15.0 Å². The van der Waals surface area contributed by atoms with Gasteiger partial charge in [-0.25, -0.2) is 26.0 Å². The molecule has 30 heavy (non-hydrogen) atoms. The molecule has 0 saturated carbocycles. The predicted octanol–water partition coefficient (Wildman–Crippen LogP) is 6.67. The molecule has 9 heteroatoms. The van der Waals surface area contributed by atoms with Gasteiger partial charge in [-0.3, -0.25) is 0 Å². The van der Waals surface area contributed by atoms with Crippen molar-refractivity contribution in [2.24, 2.45) is 0 Å². The van der Waals surface area contributed by atoms with Gasteiger partial charge < -0.3 is 4.55 Å². The van der Waals surface area contributed by atoms with Crippen LogP contribution in [0.3, 0.4) is 0 Å². The molecule has 2 aromatic carbocycles. The van der Waals surface area contributed by atoms with E-state index in [1.807, 2.05) is 53.7 Å². The first-order valence-electron chi connectivity index (χ1n) is 9.35. The SMILES string of the molecule is CC(C)c1cc(C(C)C)c(Sc2c(F)c(F)c(S(=O)(=O)[O-])c(F)c2F)c(C(C)C)c1. The minimum Gasteiger partial charge on any atom is -0.744 e. The molecule has 0 bridgehead atoms. The van der Waals surface area contributed by atoms with Crippen molar-refractivity contribution < 1.29 is 30.5 Å². The van der Waals surface area contributed by atoms with Crippen LogP contribution in [0.1, 0.15) is 76.0 Å². The molecule has 2 aromatic rings. The molecule has 2 rings (SSSR count). The van der Waals surface area contributed by atoms with Gasteiger partial charge in [0.25, 0.3) is 0 Å². The van der Waals surface area contributed by atoms with Gasteiger partial charge in [-0.1, -0.05) is 65.4 Å². The van der Waals surface area contributed by atoms with Gasteiger partial charge in [0.15, 0.2) is 23.3 Å². The summed E-state index contributed by atoms with van der Waals surface area (Å²) in [7, 11) is -5.75. The molecule has 0 unspecified atom stereocenters. The fourth-order valence-electron chi connectivity index (χ4n) is 3.01. The van der Waals surface area contributed by atoms with Crippen molar-refractivity contribution in [3.05, 3.63) is 52.1 Å². The number of hydrogen-bond acceptors (Lipinski definition) is 4. The molecule has 0 amide bonds. The van der Waals surface area contributed by atoms with Crippen molar-refractivity contribution in [1.29, 1.82) is 0 Å². The van der Waals surface area contributed by atoms with E-state index >= 15 is 0 Å². The Hall–Kier alpha value is -1.58. The Balaban J connectivity index is 2.83. The monoisotopic (exact) mass is 463 g/mol. The molecule has 3 nitrogen and oxygen atoms in total. The lowest BCUT2D eigenvalue weighted by Crippen LogP contribution is -2.12. The van der Waals surface area contributed by atoms with Gasteiger partial charge in [-0.15, -0.1) is 0 Å².